The van der Waals surface area contributed by atoms with Gasteiger partial charge in [0.2, 0.25) is 0 Å². The minimum absolute atomic E-state index is 0.122. The fourth-order valence-corrected chi connectivity index (χ4v) is 2.02. The van der Waals surface area contributed by atoms with Gasteiger partial charge in [-0.1, -0.05) is 0 Å². The fourth-order valence-electron chi connectivity index (χ4n) is 1.46. The molecule has 0 saturated heterocycles. The maximum Gasteiger partial charge on any atom is 0.419 e. The number of nitrogen functional groups attached to an aromatic ring is 1. The largest absolute Gasteiger partial charge is 0.419 e. The van der Waals surface area contributed by atoms with Crippen molar-refractivity contribution in [2.75, 3.05) is 0 Å². The van der Waals surface area contributed by atoms with Crippen LogP contribution in [0.25, 0.3) is 5.69 Å². The zero-order valence-electron chi connectivity index (χ0n) is 9.37. The van der Waals surface area contributed by atoms with E-state index in [1.165, 1.54) is 12.1 Å². The van der Waals surface area contributed by atoms with Gasteiger partial charge in [-0.3, -0.25) is 5.41 Å². The molecule has 1 heterocycles. The Morgan fingerprint density at radius 2 is 2.05 bits per heavy atom. The van der Waals surface area contributed by atoms with Crippen LogP contribution in [0.4, 0.5) is 13.2 Å². The summed E-state index contributed by atoms with van der Waals surface area (Å²) < 4.78 is 39.0. The third kappa shape index (κ3) is 2.78. The van der Waals surface area contributed by atoms with Crippen molar-refractivity contribution in [1.29, 1.82) is 5.41 Å². The summed E-state index contributed by atoms with van der Waals surface area (Å²) in [7, 11) is 0. The maximum absolute atomic E-state index is 12.5. The van der Waals surface area contributed by atoms with Crippen LogP contribution in [0.2, 0.25) is 0 Å². The molecule has 0 bridgehead atoms. The third-order valence-electron chi connectivity index (χ3n) is 2.42. The van der Waals surface area contributed by atoms with Crippen molar-refractivity contribution >= 4 is 21.8 Å². The number of alkyl halides is 3. The Balaban J connectivity index is 2.43. The second-order valence-electron chi connectivity index (χ2n) is 3.75. The molecule has 0 atom stereocenters. The molecular formula is C11H8BrF3N4. The van der Waals surface area contributed by atoms with Crippen molar-refractivity contribution in [3.05, 3.63) is 46.2 Å². The minimum atomic E-state index is -4.43. The number of hydrogen-bond acceptors (Lipinski definition) is 2. The predicted molar refractivity (Wildman–Crippen MR) is 67.3 cm³/mol. The highest BCUT2D eigenvalue weighted by molar-refractivity contribution is 9.10. The van der Waals surface area contributed by atoms with Crippen LogP contribution in [0.15, 0.2) is 35.1 Å². The van der Waals surface area contributed by atoms with Crippen LogP contribution in [0, 0.1) is 5.41 Å². The lowest BCUT2D eigenvalue weighted by Crippen LogP contribution is -2.11. The summed E-state index contributed by atoms with van der Waals surface area (Å²) in [5.74, 6) is -0.122. The average molecular weight is 333 g/mol. The predicted octanol–water partition coefficient (Wildman–Crippen LogP) is 2.94. The van der Waals surface area contributed by atoms with Gasteiger partial charge < -0.3 is 5.73 Å². The van der Waals surface area contributed by atoms with E-state index in [1.807, 2.05) is 0 Å². The first-order valence-corrected chi connectivity index (χ1v) is 5.84. The van der Waals surface area contributed by atoms with Crippen LogP contribution >= 0.6 is 15.9 Å². The summed E-state index contributed by atoms with van der Waals surface area (Å²) in [5.41, 5.74) is 5.40. The summed E-state index contributed by atoms with van der Waals surface area (Å²) >= 11 is 3.22. The monoisotopic (exact) mass is 332 g/mol. The lowest BCUT2D eigenvalue weighted by atomic mass is 10.2. The molecule has 100 valence electrons. The molecule has 8 heteroatoms. The van der Waals surface area contributed by atoms with Gasteiger partial charge in [-0.05, 0) is 34.1 Å². The molecule has 19 heavy (non-hydrogen) atoms. The number of hydrogen-bond donors (Lipinski definition) is 2. The molecule has 0 aliphatic heterocycles. The first-order chi connectivity index (χ1) is 8.79. The van der Waals surface area contributed by atoms with Crippen molar-refractivity contribution in [1.82, 2.24) is 9.78 Å². The number of rotatable bonds is 2. The molecule has 0 saturated carbocycles. The van der Waals surface area contributed by atoms with Gasteiger partial charge in [0.25, 0.3) is 0 Å². The number of amidine groups is 1. The third-order valence-corrected chi connectivity index (χ3v) is 3.05. The molecule has 0 spiro atoms. The van der Waals surface area contributed by atoms with E-state index < -0.39 is 11.7 Å². The van der Waals surface area contributed by atoms with Gasteiger partial charge in [-0.25, -0.2) is 4.68 Å². The quantitative estimate of drug-likeness (QED) is 0.655. The Bertz CT molecular complexity index is 633. The molecule has 2 rings (SSSR count). The normalized spacial score (nSPS) is 11.6. The number of nitrogens with zero attached hydrogens (tertiary/aromatic N) is 2. The highest BCUT2D eigenvalue weighted by Gasteiger charge is 2.32. The molecule has 0 amide bonds. The van der Waals surface area contributed by atoms with Crippen molar-refractivity contribution < 1.29 is 13.2 Å². The molecule has 0 aliphatic carbocycles. The summed E-state index contributed by atoms with van der Waals surface area (Å²) in [6, 6.07) is 4.62. The number of nitrogens with two attached hydrogens (primary N) is 1. The van der Waals surface area contributed by atoms with E-state index in [4.69, 9.17) is 11.1 Å². The van der Waals surface area contributed by atoms with E-state index >= 15 is 0 Å². The van der Waals surface area contributed by atoms with E-state index in [9.17, 15) is 13.2 Å². The molecule has 0 fully saturated rings. The summed E-state index contributed by atoms with van der Waals surface area (Å²) in [5, 5.41) is 10.9. The first kappa shape index (κ1) is 13.6. The van der Waals surface area contributed by atoms with E-state index in [0.29, 0.717) is 15.7 Å². The van der Waals surface area contributed by atoms with Gasteiger partial charge in [0.1, 0.15) is 5.84 Å². The fraction of sp³-hybridized carbons (Fsp3) is 0.0909. The second kappa shape index (κ2) is 4.69. The molecule has 0 aliphatic rings. The Labute approximate surface area is 114 Å². The zero-order chi connectivity index (χ0) is 14.2. The average Bonchev–Trinajstić information content (AvgIpc) is 2.77. The molecule has 1 aromatic heterocycles. The molecule has 0 unspecified atom stereocenters. The van der Waals surface area contributed by atoms with Crippen LogP contribution in [0.3, 0.4) is 0 Å². The Morgan fingerprint density at radius 1 is 1.37 bits per heavy atom. The van der Waals surface area contributed by atoms with E-state index in [0.717, 1.165) is 17.1 Å². The Kier molecular flexibility index (Phi) is 3.36. The van der Waals surface area contributed by atoms with E-state index in [1.54, 1.807) is 6.07 Å². The SMILES string of the molecule is N=C(N)c1ccc(-n2cc(C(F)(F)F)cn2)c(Br)c1. The minimum Gasteiger partial charge on any atom is -0.384 e. The van der Waals surface area contributed by atoms with Crippen LogP contribution in [-0.2, 0) is 6.18 Å². The molecule has 3 N–H and O–H groups in total. The van der Waals surface area contributed by atoms with Crippen molar-refractivity contribution in [2.45, 2.75) is 6.18 Å². The zero-order valence-corrected chi connectivity index (χ0v) is 11.0. The van der Waals surface area contributed by atoms with Crippen molar-refractivity contribution in [2.24, 2.45) is 5.73 Å². The van der Waals surface area contributed by atoms with Gasteiger partial charge in [0.05, 0.1) is 17.4 Å². The Hall–Kier alpha value is -1.83. The second-order valence-corrected chi connectivity index (χ2v) is 4.61. The first-order valence-electron chi connectivity index (χ1n) is 5.05. The number of benzene rings is 1. The molecular weight excluding hydrogens is 325 g/mol. The lowest BCUT2D eigenvalue weighted by Gasteiger charge is -2.07. The highest BCUT2D eigenvalue weighted by Crippen LogP contribution is 2.30. The molecule has 1 aromatic carbocycles. The maximum atomic E-state index is 12.5. The number of nitrogens with one attached hydrogen (secondary N) is 1. The van der Waals surface area contributed by atoms with Crippen molar-refractivity contribution in [3.8, 4) is 5.69 Å². The molecule has 4 nitrogen and oxygen atoms in total. The molecule has 0 radical (unpaired) electrons. The van der Waals surface area contributed by atoms with Gasteiger partial charge in [0.15, 0.2) is 0 Å². The van der Waals surface area contributed by atoms with Gasteiger partial charge in [-0.15, -0.1) is 0 Å². The van der Waals surface area contributed by atoms with E-state index in [-0.39, 0.29) is 5.84 Å². The number of halogens is 4. The van der Waals surface area contributed by atoms with Gasteiger partial charge in [-0.2, -0.15) is 18.3 Å². The van der Waals surface area contributed by atoms with Gasteiger partial charge >= 0.3 is 6.18 Å². The van der Waals surface area contributed by atoms with Crippen LogP contribution in [-0.4, -0.2) is 15.6 Å². The van der Waals surface area contributed by atoms with Crippen molar-refractivity contribution in [3.63, 3.8) is 0 Å². The number of aromatic nitrogens is 2. The topological polar surface area (TPSA) is 67.7 Å². The van der Waals surface area contributed by atoms with E-state index in [2.05, 4.69) is 21.0 Å². The van der Waals surface area contributed by atoms with Crippen LogP contribution in [0.5, 0.6) is 0 Å². The van der Waals surface area contributed by atoms with Crippen LogP contribution in [0.1, 0.15) is 11.1 Å². The van der Waals surface area contributed by atoms with Gasteiger partial charge in [0, 0.05) is 16.2 Å². The van der Waals surface area contributed by atoms with Crippen LogP contribution < -0.4 is 5.73 Å². The Morgan fingerprint density at radius 3 is 2.53 bits per heavy atom. The smallest absolute Gasteiger partial charge is 0.384 e. The lowest BCUT2D eigenvalue weighted by molar-refractivity contribution is -0.137. The standard InChI is InChI=1S/C11H8BrF3N4/c12-8-3-6(10(16)17)1-2-9(8)19-5-7(4-18-19)11(13,14)15/h1-5H,(H3,16,17). The summed E-state index contributed by atoms with van der Waals surface area (Å²) in [6.45, 7) is 0. The highest BCUT2D eigenvalue weighted by atomic mass is 79.9. The molecule has 2 aromatic rings. The summed E-state index contributed by atoms with van der Waals surface area (Å²) in [4.78, 5) is 0. The summed E-state index contributed by atoms with van der Waals surface area (Å²) in [6.07, 6.45) is -2.77.